The van der Waals surface area contributed by atoms with Gasteiger partial charge in [-0.15, -0.1) is 0 Å². The Hall–Kier alpha value is -1.35. The molecule has 1 atom stereocenters. The molecule has 94 valence electrons. The summed E-state index contributed by atoms with van der Waals surface area (Å²) in [5.41, 5.74) is 1.05. The second-order valence-electron chi connectivity index (χ2n) is 4.61. The molecule has 0 saturated heterocycles. The lowest BCUT2D eigenvalue weighted by molar-refractivity contribution is -0.170. The fourth-order valence-electron chi connectivity index (χ4n) is 1.85. The molecular weight excluding hydrogens is 214 g/mol. The zero-order valence-electron chi connectivity index (χ0n) is 11.0. The van der Waals surface area contributed by atoms with Crippen LogP contribution < -0.4 is 0 Å². The minimum Gasteiger partial charge on any atom is -0.275 e. The van der Waals surface area contributed by atoms with Crippen molar-refractivity contribution in [1.82, 2.24) is 5.06 Å². The van der Waals surface area contributed by atoms with Gasteiger partial charge in [0.25, 0.3) is 5.91 Å². The molecule has 0 spiro atoms. The third-order valence-electron chi connectivity index (χ3n) is 2.79. The van der Waals surface area contributed by atoms with Crippen molar-refractivity contribution in [2.24, 2.45) is 5.92 Å². The monoisotopic (exact) mass is 235 g/mol. The minimum atomic E-state index is -0.124. The summed E-state index contributed by atoms with van der Waals surface area (Å²) in [5, 5.41) is 1.31. The number of amides is 1. The van der Waals surface area contributed by atoms with Crippen LogP contribution in [0.4, 0.5) is 0 Å². The number of nitrogens with zero attached hydrogens (tertiary/aromatic N) is 1. The number of rotatable bonds is 5. The largest absolute Gasteiger partial charge is 0.275 e. The Kier molecular flexibility index (Phi) is 5.16. The Balaban J connectivity index is 2.92. The van der Waals surface area contributed by atoms with Crippen molar-refractivity contribution in [3.05, 3.63) is 35.9 Å². The van der Waals surface area contributed by atoms with E-state index in [4.69, 9.17) is 4.84 Å². The van der Waals surface area contributed by atoms with E-state index in [9.17, 15) is 4.79 Å². The topological polar surface area (TPSA) is 29.5 Å². The molecular formula is C14H21NO2. The number of hydrogen-bond acceptors (Lipinski definition) is 2. The van der Waals surface area contributed by atoms with Gasteiger partial charge >= 0.3 is 0 Å². The van der Waals surface area contributed by atoms with Gasteiger partial charge in [-0.3, -0.25) is 9.63 Å². The molecule has 0 radical (unpaired) electrons. The van der Waals surface area contributed by atoms with Crippen LogP contribution >= 0.6 is 0 Å². The first-order chi connectivity index (χ1) is 8.06. The van der Waals surface area contributed by atoms with Gasteiger partial charge in [-0.2, -0.15) is 0 Å². The quantitative estimate of drug-likeness (QED) is 0.734. The van der Waals surface area contributed by atoms with Crippen molar-refractivity contribution < 1.29 is 9.63 Å². The highest BCUT2D eigenvalue weighted by Gasteiger charge is 2.24. The van der Waals surface area contributed by atoms with E-state index in [1.165, 1.54) is 12.2 Å². The first kappa shape index (κ1) is 13.7. The van der Waals surface area contributed by atoms with Gasteiger partial charge < -0.3 is 0 Å². The predicted octanol–water partition coefficient (Wildman–Crippen LogP) is 2.84. The van der Waals surface area contributed by atoms with E-state index in [-0.39, 0.29) is 11.8 Å². The molecule has 1 unspecified atom stereocenters. The van der Waals surface area contributed by atoms with E-state index in [2.05, 4.69) is 13.8 Å². The van der Waals surface area contributed by atoms with Crippen molar-refractivity contribution in [2.45, 2.75) is 26.2 Å². The highest BCUT2D eigenvalue weighted by atomic mass is 16.7. The van der Waals surface area contributed by atoms with Crippen LogP contribution in [-0.4, -0.2) is 25.1 Å². The highest BCUT2D eigenvalue weighted by molar-refractivity contribution is 5.82. The van der Waals surface area contributed by atoms with Gasteiger partial charge in [-0.05, 0) is 17.9 Å². The standard InChI is InChI=1S/C14H21NO2/c1-11(2)10-13(14(16)15(3)17-4)12-8-6-5-7-9-12/h5-9,11,13H,10H2,1-4H3. The molecule has 0 aliphatic carbocycles. The first-order valence-electron chi connectivity index (χ1n) is 5.92. The van der Waals surface area contributed by atoms with Gasteiger partial charge in [0.2, 0.25) is 0 Å². The predicted molar refractivity (Wildman–Crippen MR) is 68.4 cm³/mol. The summed E-state index contributed by atoms with van der Waals surface area (Å²) in [5.74, 6) is 0.350. The average molecular weight is 235 g/mol. The number of hydroxylamine groups is 2. The van der Waals surface area contributed by atoms with E-state index in [0.717, 1.165) is 12.0 Å². The average Bonchev–Trinajstić information content (AvgIpc) is 2.35. The molecule has 0 heterocycles. The molecule has 1 amide bonds. The smallest absolute Gasteiger partial charge is 0.253 e. The number of likely N-dealkylation sites (N-methyl/N-ethyl adjacent to an activating group) is 1. The molecule has 1 aromatic carbocycles. The number of benzene rings is 1. The van der Waals surface area contributed by atoms with E-state index < -0.39 is 0 Å². The summed E-state index contributed by atoms with van der Waals surface area (Å²) in [7, 11) is 3.16. The molecule has 0 fully saturated rings. The summed E-state index contributed by atoms with van der Waals surface area (Å²) in [4.78, 5) is 17.2. The van der Waals surface area contributed by atoms with Crippen LogP contribution in [0, 0.1) is 5.92 Å². The fraction of sp³-hybridized carbons (Fsp3) is 0.500. The summed E-state index contributed by atoms with van der Waals surface area (Å²) >= 11 is 0. The molecule has 0 aliphatic rings. The van der Waals surface area contributed by atoms with E-state index >= 15 is 0 Å². The number of carbonyl (C=O) groups is 1. The van der Waals surface area contributed by atoms with E-state index in [0.29, 0.717) is 5.92 Å². The number of hydrogen-bond donors (Lipinski definition) is 0. The Morgan fingerprint density at radius 3 is 2.35 bits per heavy atom. The van der Waals surface area contributed by atoms with E-state index in [1.54, 1.807) is 7.05 Å². The van der Waals surface area contributed by atoms with Gasteiger partial charge in [-0.1, -0.05) is 44.2 Å². The van der Waals surface area contributed by atoms with Crippen LogP contribution in [0.1, 0.15) is 31.7 Å². The third kappa shape index (κ3) is 3.86. The molecule has 0 aliphatic heterocycles. The molecule has 3 heteroatoms. The normalized spacial score (nSPS) is 12.5. The molecule has 0 bridgehead atoms. The van der Waals surface area contributed by atoms with Gasteiger partial charge in [0, 0.05) is 7.05 Å². The van der Waals surface area contributed by atoms with Gasteiger partial charge in [0.1, 0.15) is 0 Å². The minimum absolute atomic E-state index is 0.00685. The number of carbonyl (C=O) groups excluding carboxylic acids is 1. The third-order valence-corrected chi connectivity index (χ3v) is 2.79. The molecule has 0 N–H and O–H groups in total. The second-order valence-corrected chi connectivity index (χ2v) is 4.61. The maximum Gasteiger partial charge on any atom is 0.253 e. The summed E-state index contributed by atoms with van der Waals surface area (Å²) < 4.78 is 0. The molecule has 17 heavy (non-hydrogen) atoms. The maximum atomic E-state index is 12.2. The Bertz CT molecular complexity index is 348. The lowest BCUT2D eigenvalue weighted by Gasteiger charge is -2.23. The van der Waals surface area contributed by atoms with Crippen molar-refractivity contribution in [1.29, 1.82) is 0 Å². The van der Waals surface area contributed by atoms with Crippen molar-refractivity contribution in [2.75, 3.05) is 14.2 Å². The van der Waals surface area contributed by atoms with Crippen LogP contribution in [0.2, 0.25) is 0 Å². The Morgan fingerprint density at radius 1 is 1.29 bits per heavy atom. The lowest BCUT2D eigenvalue weighted by atomic mass is 9.89. The maximum absolute atomic E-state index is 12.2. The van der Waals surface area contributed by atoms with Crippen molar-refractivity contribution in [3.63, 3.8) is 0 Å². The van der Waals surface area contributed by atoms with Crippen molar-refractivity contribution in [3.8, 4) is 0 Å². The van der Waals surface area contributed by atoms with Crippen molar-refractivity contribution >= 4 is 5.91 Å². The molecule has 1 aromatic rings. The molecule has 3 nitrogen and oxygen atoms in total. The molecule has 0 aromatic heterocycles. The lowest BCUT2D eigenvalue weighted by Crippen LogP contribution is -2.31. The van der Waals surface area contributed by atoms with Crippen LogP contribution in [-0.2, 0) is 9.63 Å². The SMILES string of the molecule is CON(C)C(=O)C(CC(C)C)c1ccccc1. The zero-order chi connectivity index (χ0) is 12.8. The Labute approximate surface area is 103 Å². The fourth-order valence-corrected chi connectivity index (χ4v) is 1.85. The summed E-state index contributed by atoms with van der Waals surface area (Å²) in [6, 6.07) is 9.87. The highest BCUT2D eigenvalue weighted by Crippen LogP contribution is 2.25. The Morgan fingerprint density at radius 2 is 1.88 bits per heavy atom. The zero-order valence-corrected chi connectivity index (χ0v) is 11.0. The summed E-state index contributed by atoms with van der Waals surface area (Å²) in [6.45, 7) is 4.24. The van der Waals surface area contributed by atoms with Crippen LogP contribution in [0.5, 0.6) is 0 Å². The summed E-state index contributed by atoms with van der Waals surface area (Å²) in [6.07, 6.45) is 0.830. The van der Waals surface area contributed by atoms with Crippen LogP contribution in [0.15, 0.2) is 30.3 Å². The van der Waals surface area contributed by atoms with Crippen LogP contribution in [0.3, 0.4) is 0 Å². The molecule has 1 rings (SSSR count). The first-order valence-corrected chi connectivity index (χ1v) is 5.92. The molecule has 0 saturated carbocycles. The van der Waals surface area contributed by atoms with Gasteiger partial charge in [0.05, 0.1) is 13.0 Å². The van der Waals surface area contributed by atoms with Gasteiger partial charge in [-0.25, -0.2) is 5.06 Å². The van der Waals surface area contributed by atoms with Crippen LogP contribution in [0.25, 0.3) is 0 Å². The van der Waals surface area contributed by atoms with Gasteiger partial charge in [0.15, 0.2) is 0 Å². The second kappa shape index (κ2) is 6.40. The van der Waals surface area contributed by atoms with E-state index in [1.807, 2.05) is 30.3 Å².